The third-order valence-corrected chi connectivity index (χ3v) is 21.6. The molecule has 7 heterocycles. The smallest absolute Gasteiger partial charge is 0.412 e. The first-order valence-electron chi connectivity index (χ1n) is 39.3. The van der Waals surface area contributed by atoms with Gasteiger partial charge in [0.1, 0.15) is 128 Å². The zero-order valence-corrected chi connectivity index (χ0v) is 75.5. The lowest BCUT2D eigenvalue weighted by molar-refractivity contribution is 0.118. The van der Waals surface area contributed by atoms with Gasteiger partial charge in [0.25, 0.3) is 0 Å². The number of nitrogens with zero attached hydrogens (tertiary/aromatic N) is 6. The minimum absolute atomic E-state index is 0. The van der Waals surface area contributed by atoms with Gasteiger partial charge in [-0.25, -0.2) is 46.5 Å². The van der Waals surface area contributed by atoms with Gasteiger partial charge in [0.2, 0.25) is 11.3 Å². The number of phenols is 2. The highest BCUT2D eigenvalue weighted by Gasteiger charge is 2.29. The fourth-order valence-corrected chi connectivity index (χ4v) is 13.8. The van der Waals surface area contributed by atoms with Crippen LogP contribution in [-0.2, 0) is 23.7 Å². The van der Waals surface area contributed by atoms with Gasteiger partial charge in [-0.1, -0.05) is 189 Å². The number of amides is 5. The van der Waals surface area contributed by atoms with Crippen molar-refractivity contribution >= 4 is 114 Å². The van der Waals surface area contributed by atoms with Crippen molar-refractivity contribution in [3.8, 4) is 68.2 Å². The summed E-state index contributed by atoms with van der Waals surface area (Å²) in [6, 6.07) is 52.7. The van der Waals surface area contributed by atoms with Crippen LogP contribution < -0.4 is 32.1 Å². The van der Waals surface area contributed by atoms with Gasteiger partial charge >= 0.3 is 30.5 Å². The van der Waals surface area contributed by atoms with Gasteiger partial charge in [-0.05, 0) is 201 Å². The summed E-state index contributed by atoms with van der Waals surface area (Å²) in [6.45, 7) is 18.5. The monoisotopic (exact) mass is 2040 g/mol. The number of H-pyrrole nitrogens is 1. The molecule has 5 atom stereocenters. The van der Waals surface area contributed by atoms with Crippen molar-refractivity contribution in [3.05, 3.63) is 321 Å². The van der Waals surface area contributed by atoms with E-state index in [0.29, 0.717) is 134 Å². The van der Waals surface area contributed by atoms with Gasteiger partial charge in [-0.15, -0.1) is 11.3 Å². The van der Waals surface area contributed by atoms with Crippen LogP contribution in [0.2, 0.25) is 5.02 Å². The SMILES string of the molecule is C.C.C.C.C.C.Cc1cc(-c2onc(C)c2NC(=O)O[C@H](C)c2ccccc2F)ccc1Br.Cc1noc(-c2ccc(=O)[nH]c2)c1NC(=O)OC(C)c1ccccc1Cl.Cc1noc(-c2ccc(O)cc2)c1NC(=O)OC(C)c1ccccc1F.Cc1noc(-c2ccc(O)cc2)c1NC(=O)O[C@H](C)c1ccccc1F.Cc1noc(-c2csc(Br)n2)c1NC(=O)O[C@H](C)c1ccccc1F. The molecule has 720 valence electrons. The molecular formula is C98H105Br2ClF4N12O18S. The van der Waals surface area contributed by atoms with Crippen LogP contribution in [0.25, 0.3) is 56.7 Å². The van der Waals surface area contributed by atoms with Gasteiger partial charge < -0.3 is 61.5 Å². The van der Waals surface area contributed by atoms with Gasteiger partial charge in [-0.2, -0.15) is 0 Å². The minimum atomic E-state index is -0.770. The number of carbonyl (C=O) groups excluding carboxylic acids is 5. The standard InChI is InChI=1S/C20H18BrFN2O3.2C19H17FN2O4.C18H16ClN3O4.C16H13BrFN3O3S.6CH4/c1-11-10-14(8-9-16(11)21)19-18(12(2)24-27-19)23-20(25)26-13(3)15-6-4-5-7-17(15)22;2*1-11-17(18(26-22-11)13-7-9-14(23)10-8-13)21-19(24)25-12(2)15-5-3-4-6-16(15)20;1-10-16(17(26-22-10)12-7-8-15(23)20-9-12)21-18(24)25-11(2)13-5-3-4-6-14(13)19;1-8-13(14(24-21-8)12-7-25-15(17)19-12)20-16(22)23-9(2)10-5-3-4-6-11(10)18;;;;;;/h4-10,13H,1-3H3,(H,23,25);2*3-10,12,23H,1-2H3,(H,21,24);3-9,11H,1-2H3,(H,20,23)(H,21,24);3-7,9H,1-2H3,(H,20,22);6*1H4/t13-;12-;;;9-;;;;;;/m11..1....../s1. The van der Waals surface area contributed by atoms with Crippen LogP contribution in [0.4, 0.5) is 70.0 Å². The summed E-state index contributed by atoms with van der Waals surface area (Å²) in [5.74, 6) is 0.209. The van der Waals surface area contributed by atoms with E-state index in [0.717, 1.165) is 15.6 Å². The van der Waals surface area contributed by atoms with Crippen LogP contribution in [-0.4, -0.2) is 76.4 Å². The lowest BCUT2D eigenvalue weighted by atomic mass is 10.1. The average Bonchev–Trinajstić information content (AvgIpc) is 1.67. The molecule has 5 amide bonds. The normalized spacial score (nSPS) is 11.3. The second-order valence-corrected chi connectivity index (χ2v) is 31.7. The topological polar surface area (TPSA) is 408 Å². The van der Waals surface area contributed by atoms with E-state index < -0.39 is 84.3 Å². The third kappa shape index (κ3) is 29.7. The van der Waals surface area contributed by atoms with Gasteiger partial charge in [0, 0.05) is 77.2 Å². The number of nitrogens with one attached hydrogen (secondary N) is 6. The number of hydrogen-bond donors (Lipinski definition) is 8. The highest BCUT2D eigenvalue weighted by atomic mass is 79.9. The number of aromatic nitrogens is 7. The maximum atomic E-state index is 13.8. The number of rotatable bonds is 20. The predicted octanol–water partition coefficient (Wildman–Crippen LogP) is 29.2. The van der Waals surface area contributed by atoms with Crippen molar-refractivity contribution < 1.29 is 98.0 Å². The van der Waals surface area contributed by atoms with Crippen LogP contribution in [0.1, 0.15) is 172 Å². The summed E-state index contributed by atoms with van der Waals surface area (Å²) in [7, 11) is 0. The van der Waals surface area contributed by atoms with Crippen LogP contribution in [0.3, 0.4) is 0 Å². The molecule has 0 radical (unpaired) electrons. The number of pyridine rings is 1. The molecule has 0 bridgehead atoms. The predicted molar refractivity (Wildman–Crippen MR) is 523 cm³/mol. The van der Waals surface area contributed by atoms with Gasteiger partial charge in [0.15, 0.2) is 27.0 Å². The summed E-state index contributed by atoms with van der Waals surface area (Å²) in [6.07, 6.45) is -5.74. The molecule has 136 heavy (non-hydrogen) atoms. The number of aryl methyl sites for hydroxylation is 6. The Kier molecular flexibility index (Phi) is 42.8. The quantitative estimate of drug-likeness (QED) is 0.0259. The first-order chi connectivity index (χ1) is 62.2. The molecular weight excluding hydrogens is 1940 g/mol. The molecule has 0 aliphatic heterocycles. The molecule has 8 N–H and O–H groups in total. The average molecular weight is 2040 g/mol. The highest BCUT2D eigenvalue weighted by molar-refractivity contribution is 9.11. The summed E-state index contributed by atoms with van der Waals surface area (Å²) < 4.78 is 110. The zero-order valence-electron chi connectivity index (χ0n) is 70.8. The molecule has 30 nitrogen and oxygen atoms in total. The van der Waals surface area contributed by atoms with Crippen molar-refractivity contribution in [2.24, 2.45) is 0 Å². The lowest BCUT2D eigenvalue weighted by Crippen LogP contribution is -2.17. The third-order valence-electron chi connectivity index (χ3n) is 19.0. The molecule has 0 aliphatic carbocycles. The van der Waals surface area contributed by atoms with Crippen molar-refractivity contribution in [2.75, 3.05) is 26.6 Å². The number of phenolic OH excluding ortho intramolecular Hbond substituents is 2. The van der Waals surface area contributed by atoms with Crippen molar-refractivity contribution in [1.29, 1.82) is 0 Å². The maximum Gasteiger partial charge on any atom is 0.412 e. The summed E-state index contributed by atoms with van der Waals surface area (Å²) in [5.41, 5.74) is 10.0. The Hall–Kier alpha value is -14.7. The number of hydrogen-bond acceptors (Lipinski definition) is 25. The zero-order chi connectivity index (χ0) is 93.6. The van der Waals surface area contributed by atoms with Crippen molar-refractivity contribution in [1.82, 2.24) is 35.8 Å². The molecule has 8 aromatic carbocycles. The summed E-state index contributed by atoms with van der Waals surface area (Å²) >= 11 is 14.2. The molecule has 38 heteroatoms. The Bertz CT molecular complexity index is 6380. The van der Waals surface area contributed by atoms with Crippen LogP contribution in [0.5, 0.6) is 11.5 Å². The van der Waals surface area contributed by atoms with Crippen molar-refractivity contribution in [3.63, 3.8) is 0 Å². The number of carbonyl (C=O) groups is 5. The Labute approximate surface area is 809 Å². The van der Waals surface area contributed by atoms with Crippen LogP contribution in [0, 0.1) is 64.8 Å². The highest BCUT2D eigenvalue weighted by Crippen LogP contribution is 2.40. The van der Waals surface area contributed by atoms with E-state index >= 15 is 0 Å². The molecule has 15 rings (SSSR count). The van der Waals surface area contributed by atoms with E-state index in [4.69, 9.17) is 57.9 Å². The lowest BCUT2D eigenvalue weighted by Gasteiger charge is -2.15. The Balaban J connectivity index is 0.000000297. The number of benzene rings is 8. The molecule has 2 unspecified atom stereocenters. The second-order valence-electron chi connectivity index (χ2n) is 28.3. The Morgan fingerprint density at radius 3 is 0.949 bits per heavy atom. The first-order valence-corrected chi connectivity index (χ1v) is 42.1. The van der Waals surface area contributed by atoms with E-state index in [1.807, 2.05) is 31.2 Å². The second kappa shape index (κ2) is 52.1. The Morgan fingerprint density at radius 1 is 0.382 bits per heavy atom. The minimum Gasteiger partial charge on any atom is -0.508 e. The number of ether oxygens (including phenoxy) is 5. The Morgan fingerprint density at radius 2 is 0.654 bits per heavy atom. The molecule has 0 saturated heterocycles. The van der Waals surface area contributed by atoms with E-state index in [1.54, 1.807) is 196 Å². The molecule has 7 aromatic heterocycles. The van der Waals surface area contributed by atoms with E-state index in [1.165, 1.54) is 72.1 Å². The largest absolute Gasteiger partial charge is 0.508 e. The van der Waals surface area contributed by atoms with E-state index in [2.05, 4.69) is 94.2 Å². The van der Waals surface area contributed by atoms with Gasteiger partial charge in [0.05, 0.1) is 0 Å². The number of aromatic amines is 1. The number of halogens is 7. The molecule has 0 saturated carbocycles. The number of thiazole rings is 1. The summed E-state index contributed by atoms with van der Waals surface area (Å²) in [5, 5.41) is 53.5. The van der Waals surface area contributed by atoms with Gasteiger partial charge in [-0.3, -0.25) is 31.4 Å². The van der Waals surface area contributed by atoms with E-state index in [-0.39, 0.29) is 72.7 Å². The fourth-order valence-electron chi connectivity index (χ4n) is 12.3. The van der Waals surface area contributed by atoms with Crippen LogP contribution >= 0.6 is 54.8 Å². The molecule has 0 spiro atoms. The number of anilines is 5. The molecule has 0 fully saturated rings. The number of aromatic hydroxyl groups is 2. The first kappa shape index (κ1) is 112. The fraction of sp³-hybridized carbons (Fsp3) is 0.224. The maximum absolute atomic E-state index is 13.8. The summed E-state index contributed by atoms with van der Waals surface area (Å²) in [4.78, 5) is 79.3. The van der Waals surface area contributed by atoms with Crippen molar-refractivity contribution in [2.45, 2.75) is 151 Å². The van der Waals surface area contributed by atoms with E-state index in [9.17, 15) is 56.5 Å². The van der Waals surface area contributed by atoms with Crippen LogP contribution in [0.15, 0.2) is 248 Å². The molecule has 0 aliphatic rings. The molecule has 15 aromatic rings.